The van der Waals surface area contributed by atoms with E-state index >= 15 is 0 Å². The fraction of sp³-hybridized carbons (Fsp3) is 0.333. The summed E-state index contributed by atoms with van der Waals surface area (Å²) in [7, 11) is 1.48. The molecule has 0 unspecified atom stereocenters. The van der Waals surface area contributed by atoms with Gasteiger partial charge in [-0.1, -0.05) is 35.9 Å². The van der Waals surface area contributed by atoms with Crippen LogP contribution in [0.1, 0.15) is 11.1 Å². The molecule has 4 N–H and O–H groups in total. The molecule has 0 radical (unpaired) electrons. The molecule has 29 heavy (non-hydrogen) atoms. The van der Waals surface area contributed by atoms with E-state index in [1.165, 1.54) is 28.7 Å². The van der Waals surface area contributed by atoms with Crippen LogP contribution in [0.4, 0.5) is 0 Å². The summed E-state index contributed by atoms with van der Waals surface area (Å²) in [6.07, 6.45) is 1.41. The fourth-order valence-electron chi connectivity index (χ4n) is 3.47. The summed E-state index contributed by atoms with van der Waals surface area (Å²) in [5, 5.41) is 14.8. The molecule has 1 aliphatic rings. The second kappa shape index (κ2) is 10.2. The maximum absolute atomic E-state index is 12.2. The van der Waals surface area contributed by atoms with Gasteiger partial charge in [0.05, 0.1) is 13.3 Å². The van der Waals surface area contributed by atoms with E-state index in [1.807, 2.05) is 18.2 Å². The molecule has 2 aromatic rings. The number of nitrogens with one attached hydrogen (secondary N) is 3. The number of phenolic OH excluding ortho intramolecular Hbond substituents is 1. The van der Waals surface area contributed by atoms with Crippen LogP contribution in [0.3, 0.4) is 0 Å². The topological polar surface area (TPSA) is 79.8 Å². The Morgan fingerprint density at radius 3 is 2.62 bits per heavy atom. The number of halogens is 1. The minimum Gasteiger partial charge on any atom is -0.504 e. The first-order valence-corrected chi connectivity index (χ1v) is 10.0. The van der Waals surface area contributed by atoms with Crippen molar-refractivity contribution in [1.82, 2.24) is 5.43 Å². The van der Waals surface area contributed by atoms with Crippen molar-refractivity contribution in [2.45, 2.75) is 6.54 Å². The van der Waals surface area contributed by atoms with Gasteiger partial charge in [-0.2, -0.15) is 5.10 Å². The predicted molar refractivity (Wildman–Crippen MR) is 112 cm³/mol. The van der Waals surface area contributed by atoms with E-state index in [9.17, 15) is 9.90 Å². The Morgan fingerprint density at radius 1 is 1.17 bits per heavy atom. The molecule has 1 amide bonds. The van der Waals surface area contributed by atoms with Crippen LogP contribution < -0.4 is 20.0 Å². The van der Waals surface area contributed by atoms with Gasteiger partial charge >= 0.3 is 0 Å². The highest BCUT2D eigenvalue weighted by Crippen LogP contribution is 2.27. The van der Waals surface area contributed by atoms with Gasteiger partial charge in [-0.05, 0) is 18.2 Å². The van der Waals surface area contributed by atoms with E-state index in [0.717, 1.165) is 37.7 Å². The van der Waals surface area contributed by atoms with Gasteiger partial charge in [-0.15, -0.1) is 0 Å². The second-order valence-electron chi connectivity index (χ2n) is 7.14. The molecule has 1 heterocycles. The van der Waals surface area contributed by atoms with E-state index < -0.39 is 0 Å². The van der Waals surface area contributed by atoms with Gasteiger partial charge in [0.2, 0.25) is 0 Å². The standard InChI is InChI=1S/C21H25ClN4O3/c1-29-19-8-4-6-16(21(19)28)13-23-24-20(27)15-26-11-9-25(10-12-26)14-17-5-2-3-7-18(17)22/h2-8,13,28H,9-12,14-15H2,1H3,(H,24,27)/p+2. The zero-order valence-electron chi connectivity index (χ0n) is 16.5. The number of para-hydroxylation sites is 1. The summed E-state index contributed by atoms with van der Waals surface area (Å²) >= 11 is 6.25. The molecule has 1 aliphatic heterocycles. The first-order valence-electron chi connectivity index (χ1n) is 9.65. The summed E-state index contributed by atoms with van der Waals surface area (Å²) < 4.78 is 5.05. The monoisotopic (exact) mass is 418 g/mol. The molecule has 0 atom stereocenters. The molecule has 7 nitrogen and oxygen atoms in total. The van der Waals surface area contributed by atoms with Crippen LogP contribution in [0.2, 0.25) is 5.02 Å². The Balaban J connectivity index is 1.42. The van der Waals surface area contributed by atoms with E-state index in [1.54, 1.807) is 18.2 Å². The lowest BCUT2D eigenvalue weighted by Crippen LogP contribution is -3.28. The van der Waals surface area contributed by atoms with Crippen LogP contribution >= 0.6 is 11.6 Å². The van der Waals surface area contributed by atoms with Crippen LogP contribution in [0.25, 0.3) is 0 Å². The Hall–Kier alpha value is -2.61. The van der Waals surface area contributed by atoms with Crippen molar-refractivity contribution >= 4 is 23.7 Å². The average molecular weight is 419 g/mol. The van der Waals surface area contributed by atoms with Crippen molar-refractivity contribution in [2.75, 3.05) is 39.8 Å². The number of rotatable bonds is 7. The summed E-state index contributed by atoms with van der Waals surface area (Å²) in [6, 6.07) is 13.0. The lowest BCUT2D eigenvalue weighted by molar-refractivity contribution is -1.02. The number of phenols is 1. The van der Waals surface area contributed by atoms with Crippen LogP contribution in [-0.2, 0) is 11.3 Å². The van der Waals surface area contributed by atoms with Crippen LogP contribution in [0.15, 0.2) is 47.6 Å². The third-order valence-corrected chi connectivity index (χ3v) is 5.48. The van der Waals surface area contributed by atoms with Gasteiger partial charge in [-0.3, -0.25) is 4.79 Å². The van der Waals surface area contributed by atoms with Crippen molar-refractivity contribution in [3.63, 3.8) is 0 Å². The Kier molecular flexibility index (Phi) is 7.46. The molecule has 154 valence electrons. The van der Waals surface area contributed by atoms with Crippen molar-refractivity contribution < 1.29 is 24.4 Å². The molecular weight excluding hydrogens is 392 g/mol. The van der Waals surface area contributed by atoms with Gasteiger partial charge in [0.15, 0.2) is 18.0 Å². The van der Waals surface area contributed by atoms with Crippen molar-refractivity contribution in [1.29, 1.82) is 0 Å². The molecule has 0 spiro atoms. The van der Waals surface area contributed by atoms with Gasteiger partial charge in [0.25, 0.3) is 5.91 Å². The highest BCUT2D eigenvalue weighted by molar-refractivity contribution is 6.31. The third kappa shape index (κ3) is 5.93. The normalized spacial score (nSPS) is 19.2. The smallest absolute Gasteiger partial charge is 0.295 e. The second-order valence-corrected chi connectivity index (χ2v) is 7.54. The number of amides is 1. The zero-order valence-corrected chi connectivity index (χ0v) is 17.2. The molecule has 3 rings (SSSR count). The number of hydrogen-bond donors (Lipinski definition) is 4. The van der Waals surface area contributed by atoms with E-state index in [-0.39, 0.29) is 11.7 Å². The highest BCUT2D eigenvalue weighted by atomic mass is 35.5. The molecule has 2 aromatic carbocycles. The quantitative estimate of drug-likeness (QED) is 0.361. The zero-order chi connectivity index (χ0) is 20.6. The lowest BCUT2D eigenvalue weighted by Gasteiger charge is -2.29. The highest BCUT2D eigenvalue weighted by Gasteiger charge is 2.25. The molecule has 0 bridgehead atoms. The van der Waals surface area contributed by atoms with Crippen molar-refractivity contribution in [3.8, 4) is 11.5 Å². The number of ether oxygens (including phenoxy) is 1. The molecule has 1 fully saturated rings. The molecular formula is C21H27ClN4O3+2. The summed E-state index contributed by atoms with van der Waals surface area (Å²) in [4.78, 5) is 14.9. The number of benzene rings is 2. The fourth-order valence-corrected chi connectivity index (χ4v) is 3.67. The Morgan fingerprint density at radius 2 is 1.90 bits per heavy atom. The Labute approximate surface area is 175 Å². The number of methoxy groups -OCH3 is 1. The van der Waals surface area contributed by atoms with Crippen LogP contribution in [0.5, 0.6) is 11.5 Å². The summed E-state index contributed by atoms with van der Waals surface area (Å²) in [5.74, 6) is 0.214. The van der Waals surface area contributed by atoms with Crippen LogP contribution in [0, 0.1) is 0 Å². The van der Waals surface area contributed by atoms with E-state index in [4.69, 9.17) is 16.3 Å². The van der Waals surface area contributed by atoms with Gasteiger partial charge in [-0.25, -0.2) is 5.43 Å². The van der Waals surface area contributed by atoms with Crippen molar-refractivity contribution in [2.24, 2.45) is 5.10 Å². The van der Waals surface area contributed by atoms with Gasteiger partial charge < -0.3 is 19.6 Å². The maximum atomic E-state index is 12.2. The number of aromatic hydroxyl groups is 1. The minimum atomic E-state index is -0.145. The number of hydrazone groups is 1. The largest absolute Gasteiger partial charge is 0.504 e. The number of piperazine rings is 1. The number of carbonyl (C=O) groups excluding carboxylic acids is 1. The third-order valence-electron chi connectivity index (χ3n) is 5.12. The number of nitrogens with zero attached hydrogens (tertiary/aromatic N) is 1. The lowest BCUT2D eigenvalue weighted by atomic mass is 10.2. The van der Waals surface area contributed by atoms with Gasteiger partial charge in [0.1, 0.15) is 32.7 Å². The summed E-state index contributed by atoms with van der Waals surface area (Å²) in [5.41, 5.74) is 4.18. The number of quaternary nitrogens is 2. The van der Waals surface area contributed by atoms with E-state index in [2.05, 4.69) is 16.6 Å². The summed E-state index contributed by atoms with van der Waals surface area (Å²) in [6.45, 7) is 5.12. The molecule has 8 heteroatoms. The first-order chi connectivity index (χ1) is 14.1. The SMILES string of the molecule is COc1cccc(C=NNC(=O)C[NH+]2CC[NH+](Cc3ccccc3Cl)CC2)c1O. The van der Waals surface area contributed by atoms with Gasteiger partial charge in [0, 0.05) is 16.1 Å². The molecule has 0 aromatic heterocycles. The number of carbonyl (C=O) groups is 1. The first kappa shape index (κ1) is 21.1. The predicted octanol–water partition coefficient (Wildman–Crippen LogP) is -0.512. The van der Waals surface area contributed by atoms with Crippen LogP contribution in [-0.4, -0.2) is 57.1 Å². The molecule has 0 aliphatic carbocycles. The molecule has 0 saturated carbocycles. The number of hydrogen-bond acceptors (Lipinski definition) is 4. The van der Waals surface area contributed by atoms with Crippen molar-refractivity contribution in [3.05, 3.63) is 58.6 Å². The Bertz CT molecular complexity index is 867. The maximum Gasteiger partial charge on any atom is 0.295 e. The average Bonchev–Trinajstić information content (AvgIpc) is 2.72. The minimum absolute atomic E-state index is 0.00348. The molecule has 1 saturated heterocycles. The van der Waals surface area contributed by atoms with E-state index in [0.29, 0.717) is 17.9 Å².